The van der Waals surface area contributed by atoms with E-state index < -0.39 is 5.97 Å². The van der Waals surface area contributed by atoms with Crippen LogP contribution in [-0.4, -0.2) is 41.1 Å². The SMILES string of the molecule is O=C(CSC1CCNCC1)NCc1cccc(C(=O)O)c1. The largest absolute Gasteiger partial charge is 0.478 e. The number of hydrogen-bond donors (Lipinski definition) is 3. The molecule has 1 aromatic carbocycles. The second-order valence-electron chi connectivity index (χ2n) is 5.04. The van der Waals surface area contributed by atoms with Crippen molar-refractivity contribution >= 4 is 23.6 Å². The first-order valence-corrected chi connectivity index (χ1v) is 8.11. The van der Waals surface area contributed by atoms with E-state index in [1.54, 1.807) is 30.0 Å². The first kappa shape index (κ1) is 15.9. The van der Waals surface area contributed by atoms with Crippen molar-refractivity contribution in [2.24, 2.45) is 0 Å². The van der Waals surface area contributed by atoms with Crippen LogP contribution < -0.4 is 10.6 Å². The Hall–Kier alpha value is -1.53. The van der Waals surface area contributed by atoms with Crippen molar-refractivity contribution in [3.8, 4) is 0 Å². The summed E-state index contributed by atoms with van der Waals surface area (Å²) in [6.07, 6.45) is 2.22. The van der Waals surface area contributed by atoms with Gasteiger partial charge in [-0.1, -0.05) is 12.1 Å². The summed E-state index contributed by atoms with van der Waals surface area (Å²) in [6, 6.07) is 6.63. The predicted octanol–water partition coefficient (Wildman–Crippen LogP) is 1.49. The maximum absolute atomic E-state index is 11.8. The number of hydrogen-bond acceptors (Lipinski definition) is 4. The summed E-state index contributed by atoms with van der Waals surface area (Å²) in [5.41, 5.74) is 1.04. The minimum absolute atomic E-state index is 0.000685. The molecule has 6 heteroatoms. The van der Waals surface area contributed by atoms with E-state index in [-0.39, 0.29) is 11.5 Å². The van der Waals surface area contributed by atoms with Crippen LogP contribution in [-0.2, 0) is 11.3 Å². The van der Waals surface area contributed by atoms with Gasteiger partial charge < -0.3 is 15.7 Å². The Labute approximate surface area is 128 Å². The summed E-state index contributed by atoms with van der Waals surface area (Å²) in [4.78, 5) is 22.7. The number of carboxylic acids is 1. The van der Waals surface area contributed by atoms with E-state index >= 15 is 0 Å². The van der Waals surface area contributed by atoms with Crippen LogP contribution >= 0.6 is 11.8 Å². The molecule has 114 valence electrons. The highest BCUT2D eigenvalue weighted by molar-refractivity contribution is 8.00. The third-order valence-electron chi connectivity index (χ3n) is 3.40. The maximum atomic E-state index is 11.8. The summed E-state index contributed by atoms with van der Waals surface area (Å²) < 4.78 is 0. The highest BCUT2D eigenvalue weighted by Gasteiger charge is 2.14. The van der Waals surface area contributed by atoms with Crippen molar-refractivity contribution < 1.29 is 14.7 Å². The van der Waals surface area contributed by atoms with Crippen LogP contribution in [0.4, 0.5) is 0 Å². The number of thioether (sulfide) groups is 1. The monoisotopic (exact) mass is 308 g/mol. The Morgan fingerprint density at radius 3 is 2.81 bits per heavy atom. The van der Waals surface area contributed by atoms with Gasteiger partial charge in [0.1, 0.15) is 0 Å². The molecule has 1 fully saturated rings. The van der Waals surface area contributed by atoms with Gasteiger partial charge in [0.2, 0.25) is 5.91 Å². The maximum Gasteiger partial charge on any atom is 0.335 e. The fraction of sp³-hybridized carbons (Fsp3) is 0.467. The zero-order valence-electron chi connectivity index (χ0n) is 11.8. The highest BCUT2D eigenvalue weighted by Crippen LogP contribution is 2.19. The van der Waals surface area contributed by atoms with Crippen molar-refractivity contribution in [3.05, 3.63) is 35.4 Å². The fourth-order valence-corrected chi connectivity index (χ4v) is 3.28. The zero-order valence-corrected chi connectivity index (χ0v) is 12.6. The molecule has 0 aliphatic carbocycles. The van der Waals surface area contributed by atoms with Gasteiger partial charge >= 0.3 is 5.97 Å². The molecular weight excluding hydrogens is 288 g/mol. The molecule has 0 atom stereocenters. The second-order valence-corrected chi connectivity index (χ2v) is 6.33. The van der Waals surface area contributed by atoms with Crippen molar-refractivity contribution in [1.82, 2.24) is 10.6 Å². The van der Waals surface area contributed by atoms with Gasteiger partial charge in [-0.2, -0.15) is 0 Å². The number of amides is 1. The number of carbonyl (C=O) groups excluding carboxylic acids is 1. The fourth-order valence-electron chi connectivity index (χ4n) is 2.22. The molecule has 0 radical (unpaired) electrons. The molecule has 3 N–H and O–H groups in total. The number of carboxylic acid groups (broad SMARTS) is 1. The standard InChI is InChI=1S/C15H20N2O3S/c18-14(10-21-13-4-6-16-7-5-13)17-9-11-2-1-3-12(8-11)15(19)20/h1-3,8,13,16H,4-7,9-10H2,(H,17,18)(H,19,20). The Morgan fingerprint density at radius 2 is 2.10 bits per heavy atom. The lowest BCUT2D eigenvalue weighted by molar-refractivity contribution is -0.118. The van der Waals surface area contributed by atoms with Gasteiger partial charge in [0, 0.05) is 11.8 Å². The molecule has 1 aliphatic rings. The van der Waals surface area contributed by atoms with Crippen LogP contribution in [0.3, 0.4) is 0 Å². The van der Waals surface area contributed by atoms with Gasteiger partial charge in [0.05, 0.1) is 11.3 Å². The van der Waals surface area contributed by atoms with E-state index in [0.717, 1.165) is 31.5 Å². The number of carbonyl (C=O) groups is 2. The zero-order chi connectivity index (χ0) is 15.1. The topological polar surface area (TPSA) is 78.4 Å². The summed E-state index contributed by atoms with van der Waals surface area (Å²) in [6.45, 7) is 2.43. The average Bonchev–Trinajstić information content (AvgIpc) is 2.52. The van der Waals surface area contributed by atoms with Crippen LogP contribution in [0.25, 0.3) is 0 Å². The van der Waals surface area contributed by atoms with Gasteiger partial charge in [-0.15, -0.1) is 11.8 Å². The Bertz CT molecular complexity index is 501. The lowest BCUT2D eigenvalue weighted by Crippen LogP contribution is -2.31. The Kier molecular flexibility index (Phi) is 6.07. The third kappa shape index (κ3) is 5.40. The van der Waals surface area contributed by atoms with Gasteiger partial charge in [0.25, 0.3) is 0 Å². The molecule has 1 saturated heterocycles. The van der Waals surface area contributed by atoms with E-state index in [9.17, 15) is 9.59 Å². The normalized spacial score (nSPS) is 15.6. The molecule has 0 aromatic heterocycles. The minimum atomic E-state index is -0.954. The predicted molar refractivity (Wildman–Crippen MR) is 83.6 cm³/mol. The van der Waals surface area contributed by atoms with Crippen molar-refractivity contribution in [2.75, 3.05) is 18.8 Å². The molecule has 1 aromatic rings. The molecule has 1 amide bonds. The molecule has 0 unspecified atom stereocenters. The molecule has 1 aliphatic heterocycles. The van der Waals surface area contributed by atoms with Gasteiger partial charge in [0.15, 0.2) is 0 Å². The lowest BCUT2D eigenvalue weighted by atomic mass is 10.1. The molecule has 2 rings (SSSR count). The number of nitrogens with one attached hydrogen (secondary N) is 2. The molecule has 0 spiro atoms. The number of benzene rings is 1. The first-order valence-electron chi connectivity index (χ1n) is 7.06. The first-order chi connectivity index (χ1) is 10.1. The number of rotatable bonds is 6. The van der Waals surface area contributed by atoms with E-state index in [2.05, 4.69) is 10.6 Å². The summed E-state index contributed by atoms with van der Waals surface area (Å²) >= 11 is 1.70. The number of aromatic carboxylic acids is 1. The second kappa shape index (κ2) is 8.05. The summed E-state index contributed by atoms with van der Waals surface area (Å²) in [7, 11) is 0. The Morgan fingerprint density at radius 1 is 1.33 bits per heavy atom. The van der Waals surface area contributed by atoms with Crippen LogP contribution in [0.2, 0.25) is 0 Å². The minimum Gasteiger partial charge on any atom is -0.478 e. The number of piperidine rings is 1. The average molecular weight is 308 g/mol. The summed E-state index contributed by atoms with van der Waals surface area (Å²) in [5, 5.41) is 15.6. The van der Waals surface area contributed by atoms with E-state index in [0.29, 0.717) is 17.5 Å². The van der Waals surface area contributed by atoms with Gasteiger partial charge in [-0.25, -0.2) is 4.79 Å². The van der Waals surface area contributed by atoms with E-state index in [1.165, 1.54) is 0 Å². The molecule has 1 heterocycles. The van der Waals surface area contributed by atoms with Crippen LogP contribution in [0, 0.1) is 0 Å². The third-order valence-corrected chi connectivity index (χ3v) is 4.77. The quantitative estimate of drug-likeness (QED) is 0.742. The van der Waals surface area contributed by atoms with Crippen LogP contribution in [0.15, 0.2) is 24.3 Å². The van der Waals surface area contributed by atoms with Crippen LogP contribution in [0.1, 0.15) is 28.8 Å². The van der Waals surface area contributed by atoms with Gasteiger partial charge in [-0.05, 0) is 43.6 Å². The van der Waals surface area contributed by atoms with Crippen LogP contribution in [0.5, 0.6) is 0 Å². The van der Waals surface area contributed by atoms with Crippen molar-refractivity contribution in [2.45, 2.75) is 24.6 Å². The lowest BCUT2D eigenvalue weighted by Gasteiger charge is -2.21. The summed E-state index contributed by atoms with van der Waals surface area (Å²) in [5.74, 6) is -0.493. The molecule has 0 saturated carbocycles. The molecule has 0 bridgehead atoms. The van der Waals surface area contributed by atoms with Crippen molar-refractivity contribution in [1.29, 1.82) is 0 Å². The van der Waals surface area contributed by atoms with E-state index in [1.807, 2.05) is 6.07 Å². The molecule has 5 nitrogen and oxygen atoms in total. The van der Waals surface area contributed by atoms with E-state index in [4.69, 9.17) is 5.11 Å². The smallest absolute Gasteiger partial charge is 0.335 e. The van der Waals surface area contributed by atoms with Crippen molar-refractivity contribution in [3.63, 3.8) is 0 Å². The molecular formula is C15H20N2O3S. The Balaban J connectivity index is 1.73. The highest BCUT2D eigenvalue weighted by atomic mass is 32.2. The van der Waals surface area contributed by atoms with Gasteiger partial charge in [-0.3, -0.25) is 4.79 Å². The molecule has 21 heavy (non-hydrogen) atoms.